The van der Waals surface area contributed by atoms with Crippen LogP contribution in [-0.4, -0.2) is 31.5 Å². The zero-order valence-corrected chi connectivity index (χ0v) is 11.2. The first-order valence-corrected chi connectivity index (χ1v) is 6.44. The fourth-order valence-corrected chi connectivity index (χ4v) is 2.18. The average Bonchev–Trinajstić information content (AvgIpc) is 2.25. The van der Waals surface area contributed by atoms with Crippen LogP contribution in [0.4, 0.5) is 0 Å². The molecule has 0 spiro atoms. The van der Waals surface area contributed by atoms with Gasteiger partial charge in [0.2, 0.25) is 0 Å². The molecule has 2 atom stereocenters. The van der Waals surface area contributed by atoms with Crippen molar-refractivity contribution in [3.63, 3.8) is 0 Å². The van der Waals surface area contributed by atoms with Gasteiger partial charge in [0.25, 0.3) is 0 Å². The molecule has 1 saturated heterocycles. The van der Waals surface area contributed by atoms with Crippen LogP contribution in [0.2, 0.25) is 0 Å². The molecule has 0 aromatic carbocycles. The SMILES string of the molecule is CCC(N)C(OC1CCOCC1)C(C)(C)C. The summed E-state index contributed by atoms with van der Waals surface area (Å²) in [5.41, 5.74) is 6.27. The Hall–Kier alpha value is -0.120. The number of nitrogens with two attached hydrogens (primary N) is 1. The first kappa shape index (κ1) is 13.9. The summed E-state index contributed by atoms with van der Waals surface area (Å²) in [6.07, 6.45) is 3.44. The van der Waals surface area contributed by atoms with Gasteiger partial charge in [-0.05, 0) is 24.7 Å². The molecule has 2 unspecified atom stereocenters. The molecule has 0 aromatic rings. The molecule has 0 aliphatic carbocycles. The van der Waals surface area contributed by atoms with Gasteiger partial charge in [-0.1, -0.05) is 27.7 Å². The van der Waals surface area contributed by atoms with Gasteiger partial charge in [0, 0.05) is 19.3 Å². The van der Waals surface area contributed by atoms with E-state index in [1.54, 1.807) is 0 Å². The number of hydrogen-bond acceptors (Lipinski definition) is 3. The van der Waals surface area contributed by atoms with E-state index in [4.69, 9.17) is 15.2 Å². The quantitative estimate of drug-likeness (QED) is 0.804. The molecule has 2 N–H and O–H groups in total. The van der Waals surface area contributed by atoms with E-state index in [1.165, 1.54) is 0 Å². The summed E-state index contributed by atoms with van der Waals surface area (Å²) in [7, 11) is 0. The monoisotopic (exact) mass is 229 g/mol. The van der Waals surface area contributed by atoms with Crippen molar-refractivity contribution in [1.82, 2.24) is 0 Å². The molecular formula is C13H27NO2. The van der Waals surface area contributed by atoms with E-state index in [-0.39, 0.29) is 17.6 Å². The Morgan fingerprint density at radius 3 is 2.31 bits per heavy atom. The molecule has 1 fully saturated rings. The van der Waals surface area contributed by atoms with Crippen LogP contribution >= 0.6 is 0 Å². The molecule has 1 aliphatic heterocycles. The topological polar surface area (TPSA) is 44.5 Å². The molecule has 16 heavy (non-hydrogen) atoms. The zero-order valence-electron chi connectivity index (χ0n) is 11.2. The summed E-state index contributed by atoms with van der Waals surface area (Å²) in [4.78, 5) is 0. The molecule has 0 radical (unpaired) electrons. The maximum absolute atomic E-state index is 6.20. The average molecular weight is 229 g/mol. The van der Waals surface area contributed by atoms with Crippen LogP contribution in [0.3, 0.4) is 0 Å². The highest BCUT2D eigenvalue weighted by atomic mass is 16.5. The molecule has 96 valence electrons. The summed E-state index contributed by atoms with van der Waals surface area (Å²) in [5.74, 6) is 0. The third-order valence-corrected chi connectivity index (χ3v) is 3.22. The second-order valence-corrected chi connectivity index (χ2v) is 5.81. The van der Waals surface area contributed by atoms with E-state index < -0.39 is 0 Å². The third kappa shape index (κ3) is 4.04. The minimum atomic E-state index is 0.105. The minimum absolute atomic E-state index is 0.105. The summed E-state index contributed by atoms with van der Waals surface area (Å²) in [6.45, 7) is 10.4. The molecule has 1 heterocycles. The van der Waals surface area contributed by atoms with Crippen molar-refractivity contribution >= 4 is 0 Å². The van der Waals surface area contributed by atoms with Crippen molar-refractivity contribution in [1.29, 1.82) is 0 Å². The van der Waals surface area contributed by atoms with Crippen LogP contribution in [0, 0.1) is 5.41 Å². The van der Waals surface area contributed by atoms with Crippen molar-refractivity contribution in [2.24, 2.45) is 11.1 Å². The molecule has 1 aliphatic rings. The van der Waals surface area contributed by atoms with Crippen molar-refractivity contribution in [2.45, 2.75) is 65.2 Å². The van der Waals surface area contributed by atoms with Crippen molar-refractivity contribution in [3.8, 4) is 0 Å². The first-order valence-electron chi connectivity index (χ1n) is 6.44. The molecule has 0 saturated carbocycles. The van der Waals surface area contributed by atoms with Gasteiger partial charge in [0.05, 0.1) is 12.2 Å². The van der Waals surface area contributed by atoms with Crippen LogP contribution in [0.25, 0.3) is 0 Å². The standard InChI is InChI=1S/C13H27NO2/c1-5-11(14)12(13(2,3)4)16-10-6-8-15-9-7-10/h10-12H,5-9,14H2,1-4H3. The van der Waals surface area contributed by atoms with Gasteiger partial charge in [0.1, 0.15) is 0 Å². The first-order chi connectivity index (χ1) is 7.45. The predicted octanol–water partition coefficient (Wildman–Crippen LogP) is 2.33. The highest BCUT2D eigenvalue weighted by molar-refractivity contribution is 4.85. The fourth-order valence-electron chi connectivity index (χ4n) is 2.18. The lowest BCUT2D eigenvalue weighted by Crippen LogP contribution is -2.47. The summed E-state index contributed by atoms with van der Waals surface area (Å²) in [6, 6.07) is 0.128. The van der Waals surface area contributed by atoms with Gasteiger partial charge >= 0.3 is 0 Å². The third-order valence-electron chi connectivity index (χ3n) is 3.22. The lowest BCUT2D eigenvalue weighted by molar-refractivity contribution is -0.112. The van der Waals surface area contributed by atoms with Gasteiger partial charge < -0.3 is 15.2 Å². The van der Waals surface area contributed by atoms with Gasteiger partial charge in [-0.2, -0.15) is 0 Å². The van der Waals surface area contributed by atoms with E-state index >= 15 is 0 Å². The summed E-state index contributed by atoms with van der Waals surface area (Å²) >= 11 is 0. The molecule has 3 nitrogen and oxygen atoms in total. The molecular weight excluding hydrogens is 202 g/mol. The van der Waals surface area contributed by atoms with Crippen LogP contribution in [0.15, 0.2) is 0 Å². The van der Waals surface area contributed by atoms with Crippen LogP contribution < -0.4 is 5.73 Å². The summed E-state index contributed by atoms with van der Waals surface area (Å²) in [5, 5.41) is 0. The van der Waals surface area contributed by atoms with Crippen molar-refractivity contribution in [3.05, 3.63) is 0 Å². The van der Waals surface area contributed by atoms with Crippen LogP contribution in [0.5, 0.6) is 0 Å². The zero-order chi connectivity index (χ0) is 12.2. The van der Waals surface area contributed by atoms with E-state index in [9.17, 15) is 0 Å². The van der Waals surface area contributed by atoms with E-state index in [2.05, 4.69) is 27.7 Å². The molecule has 3 heteroatoms. The largest absolute Gasteiger partial charge is 0.381 e. The van der Waals surface area contributed by atoms with Crippen molar-refractivity contribution < 1.29 is 9.47 Å². The van der Waals surface area contributed by atoms with Gasteiger partial charge in [-0.3, -0.25) is 0 Å². The lowest BCUT2D eigenvalue weighted by atomic mass is 9.83. The molecule has 0 aromatic heterocycles. The van der Waals surface area contributed by atoms with Crippen LogP contribution in [-0.2, 0) is 9.47 Å². The smallest absolute Gasteiger partial charge is 0.0777 e. The van der Waals surface area contributed by atoms with E-state index in [0.717, 1.165) is 32.5 Å². The maximum Gasteiger partial charge on any atom is 0.0777 e. The number of ether oxygens (including phenoxy) is 2. The maximum atomic E-state index is 6.20. The lowest BCUT2D eigenvalue weighted by Gasteiger charge is -2.38. The molecule has 1 rings (SSSR count). The molecule has 0 amide bonds. The molecule has 0 bridgehead atoms. The highest BCUT2D eigenvalue weighted by Gasteiger charge is 2.32. The van der Waals surface area contributed by atoms with E-state index in [0.29, 0.717) is 6.10 Å². The normalized spacial score (nSPS) is 23.1. The second-order valence-electron chi connectivity index (χ2n) is 5.81. The Morgan fingerprint density at radius 1 is 1.31 bits per heavy atom. The van der Waals surface area contributed by atoms with Gasteiger partial charge in [-0.15, -0.1) is 0 Å². The van der Waals surface area contributed by atoms with Gasteiger partial charge in [-0.25, -0.2) is 0 Å². The Morgan fingerprint density at radius 2 is 1.88 bits per heavy atom. The minimum Gasteiger partial charge on any atom is -0.381 e. The van der Waals surface area contributed by atoms with Crippen LogP contribution in [0.1, 0.15) is 47.0 Å². The summed E-state index contributed by atoms with van der Waals surface area (Å²) < 4.78 is 11.5. The van der Waals surface area contributed by atoms with E-state index in [1.807, 2.05) is 0 Å². The Bertz CT molecular complexity index is 195. The second kappa shape index (κ2) is 5.99. The predicted molar refractivity (Wildman–Crippen MR) is 66.4 cm³/mol. The number of rotatable bonds is 4. The Labute approximate surface area is 99.7 Å². The van der Waals surface area contributed by atoms with Crippen molar-refractivity contribution in [2.75, 3.05) is 13.2 Å². The Balaban J connectivity index is 2.55. The Kier molecular flexibility index (Phi) is 5.22. The fraction of sp³-hybridized carbons (Fsp3) is 1.00. The number of hydrogen-bond donors (Lipinski definition) is 1. The highest BCUT2D eigenvalue weighted by Crippen LogP contribution is 2.28. The van der Waals surface area contributed by atoms with Gasteiger partial charge in [0.15, 0.2) is 0 Å².